The Bertz CT molecular complexity index is 4340. The van der Waals surface area contributed by atoms with Crippen LogP contribution in [0.2, 0.25) is 0 Å². The number of nitrogens with zero attached hydrogens (tertiary/aromatic N) is 2. The van der Waals surface area contributed by atoms with Crippen LogP contribution in [0.1, 0.15) is 128 Å². The Morgan fingerprint density at radius 3 is 1.46 bits per heavy atom. The third-order valence-electron chi connectivity index (χ3n) is 17.6. The van der Waals surface area contributed by atoms with Crippen LogP contribution in [0.3, 0.4) is 0 Å². The van der Waals surface area contributed by atoms with E-state index in [2.05, 4.69) is 244 Å². The Labute approximate surface area is 449 Å². The molecule has 0 saturated heterocycles. The van der Waals surface area contributed by atoms with Gasteiger partial charge in [0.25, 0.3) is 6.71 Å². The topological polar surface area (TPSA) is 9.86 Å². The van der Waals surface area contributed by atoms with E-state index in [4.69, 9.17) is 0 Å². The third-order valence-corrected chi connectivity index (χ3v) is 17.6. The van der Waals surface area contributed by atoms with Crippen molar-refractivity contribution in [1.29, 1.82) is 0 Å². The fourth-order valence-corrected chi connectivity index (χ4v) is 15.6. The molecule has 5 heterocycles. The van der Waals surface area contributed by atoms with Crippen LogP contribution in [0, 0.1) is 21.7 Å². The Morgan fingerprint density at radius 2 is 0.842 bits per heavy atom. The summed E-state index contributed by atoms with van der Waals surface area (Å²) in [6.45, 7) is 28.8. The molecular formula is C73H69BN2. The maximum absolute atomic E-state index is 2.83. The minimum absolute atomic E-state index is 0.0225. The largest absolute Gasteiger partial charge is 0.310 e. The zero-order valence-corrected chi connectivity index (χ0v) is 46.7. The molecule has 0 unspecified atom stereocenters. The van der Waals surface area contributed by atoms with Gasteiger partial charge in [-0.05, 0) is 172 Å². The first-order valence-corrected chi connectivity index (χ1v) is 28.3. The summed E-state index contributed by atoms with van der Waals surface area (Å²) < 4.78 is 5.61. The second kappa shape index (κ2) is 15.1. The van der Waals surface area contributed by atoms with Gasteiger partial charge in [0.1, 0.15) is 0 Å². The lowest BCUT2D eigenvalue weighted by Gasteiger charge is -2.45. The van der Waals surface area contributed by atoms with Gasteiger partial charge in [0, 0.05) is 43.8 Å². The number of fused-ring (bicyclic) bond motifs is 15. The zero-order chi connectivity index (χ0) is 52.3. The van der Waals surface area contributed by atoms with Gasteiger partial charge in [-0.2, -0.15) is 0 Å². The van der Waals surface area contributed by atoms with E-state index < -0.39 is 5.41 Å². The Balaban J connectivity index is 1.23. The van der Waals surface area contributed by atoms with Crippen molar-refractivity contribution in [2.24, 2.45) is 21.7 Å². The summed E-state index contributed by atoms with van der Waals surface area (Å²) in [5.41, 5.74) is 28.9. The summed E-state index contributed by atoms with van der Waals surface area (Å²) in [4.78, 5) is 0. The van der Waals surface area contributed by atoms with Crippen LogP contribution in [-0.2, 0) is 31.1 Å². The molecule has 0 bridgehead atoms. The van der Waals surface area contributed by atoms with Crippen molar-refractivity contribution in [3.05, 3.63) is 196 Å². The SMILES string of the molecule is CC(C)(C)Cc1ccc2c(c1)c1cc(CC(C)(C)C)cc3c1n2-c1c(-c2cccc4ccccc24)cc2c4c1B3c1cc(CC(C)(C)C)cc3c5cc(CC(C)(C)C)cc(c5n-4c13)C21c2ccccc2-c2ccccc21. The monoisotopic (exact) mass is 985 g/mol. The van der Waals surface area contributed by atoms with Crippen LogP contribution in [0.5, 0.6) is 0 Å². The van der Waals surface area contributed by atoms with Crippen molar-refractivity contribution in [2.75, 3.05) is 0 Å². The van der Waals surface area contributed by atoms with Gasteiger partial charge in [-0.25, -0.2) is 0 Å². The van der Waals surface area contributed by atoms with Crippen molar-refractivity contribution in [1.82, 2.24) is 9.13 Å². The van der Waals surface area contributed by atoms with E-state index in [1.54, 1.807) is 0 Å². The van der Waals surface area contributed by atoms with Gasteiger partial charge < -0.3 is 9.13 Å². The smallest absolute Gasteiger partial charge is 0.252 e. The Kier molecular flexibility index (Phi) is 9.18. The molecule has 3 aliphatic heterocycles. The summed E-state index contributed by atoms with van der Waals surface area (Å²) in [6.07, 6.45) is 3.99. The van der Waals surface area contributed by atoms with Crippen molar-refractivity contribution in [3.63, 3.8) is 0 Å². The number of benzene rings is 9. The lowest BCUT2D eigenvalue weighted by atomic mass is 9.33. The molecule has 0 fully saturated rings. The highest BCUT2D eigenvalue weighted by atomic mass is 15.1. The van der Waals surface area contributed by atoms with Crippen molar-refractivity contribution < 1.29 is 0 Å². The molecule has 0 saturated carbocycles. The van der Waals surface area contributed by atoms with Crippen LogP contribution < -0.4 is 16.4 Å². The Morgan fingerprint density at radius 1 is 0.355 bits per heavy atom. The van der Waals surface area contributed by atoms with Crippen LogP contribution in [0.4, 0.5) is 0 Å². The van der Waals surface area contributed by atoms with E-state index in [9.17, 15) is 0 Å². The second-order valence-corrected chi connectivity index (χ2v) is 28.6. The van der Waals surface area contributed by atoms with Gasteiger partial charge >= 0.3 is 0 Å². The van der Waals surface area contributed by atoms with Crippen LogP contribution in [0.15, 0.2) is 152 Å². The molecule has 2 aromatic heterocycles. The number of rotatable bonds is 5. The summed E-state index contributed by atoms with van der Waals surface area (Å²) in [5, 5.41) is 8.09. The fourth-order valence-electron chi connectivity index (χ4n) is 15.6. The van der Waals surface area contributed by atoms with Gasteiger partial charge in [-0.3, -0.25) is 0 Å². The standard InChI is InChI=1S/C73H69BN2/c1-69(2,3)38-42-28-29-62-51(30-42)52-32-44(40-71(7,8)9)35-60-65(52)75(62)67-55(48-25-19-21-46-20-13-14-22-47(46)48)37-59-68-63(67)74(60)61-36-45(41-72(10,11)12)33-54-53-31-43(39-70(4,5)6)34-58(64(53)76(68)66(54)61)73(59)56-26-17-15-23-49(56)50-24-16-18-27-57(50)73/h13-37H,38-41H2,1-12H3. The van der Waals surface area contributed by atoms with Gasteiger partial charge in [-0.1, -0.05) is 198 Å². The molecule has 0 N–H and O–H groups in total. The van der Waals surface area contributed by atoms with E-state index in [1.807, 2.05) is 0 Å². The molecular weight excluding hydrogens is 916 g/mol. The van der Waals surface area contributed by atoms with Crippen LogP contribution >= 0.6 is 0 Å². The predicted molar refractivity (Wildman–Crippen MR) is 326 cm³/mol. The minimum atomic E-state index is -0.603. The number of aromatic nitrogens is 2. The maximum atomic E-state index is 2.83. The van der Waals surface area contributed by atoms with Crippen molar-refractivity contribution >= 4 is 77.5 Å². The van der Waals surface area contributed by atoms with E-state index in [-0.39, 0.29) is 28.4 Å². The molecule has 3 heteroatoms. The summed E-state index contributed by atoms with van der Waals surface area (Å²) in [7, 11) is 0. The summed E-state index contributed by atoms with van der Waals surface area (Å²) >= 11 is 0. The maximum Gasteiger partial charge on any atom is 0.252 e. The molecule has 0 radical (unpaired) electrons. The number of hydrogen-bond donors (Lipinski definition) is 0. The minimum Gasteiger partial charge on any atom is -0.310 e. The molecule has 2 nitrogen and oxygen atoms in total. The van der Waals surface area contributed by atoms with Gasteiger partial charge in [0.15, 0.2) is 0 Å². The fraction of sp³-hybridized carbons (Fsp3) is 0.288. The quantitative estimate of drug-likeness (QED) is 0.152. The van der Waals surface area contributed by atoms with Crippen LogP contribution in [0.25, 0.3) is 88.0 Å². The molecule has 374 valence electrons. The summed E-state index contributed by atoms with van der Waals surface area (Å²) in [5.74, 6) is 0. The first-order valence-electron chi connectivity index (χ1n) is 28.3. The molecule has 4 aliphatic rings. The molecule has 9 aromatic carbocycles. The normalized spacial score (nSPS) is 14.9. The van der Waals surface area contributed by atoms with E-state index in [0.29, 0.717) is 0 Å². The molecule has 0 amide bonds. The summed E-state index contributed by atoms with van der Waals surface area (Å²) in [6, 6.07) is 61.2. The van der Waals surface area contributed by atoms with E-state index in [0.717, 1.165) is 25.7 Å². The molecule has 11 aromatic rings. The molecule has 76 heavy (non-hydrogen) atoms. The predicted octanol–water partition coefficient (Wildman–Crippen LogP) is 16.9. The average molecular weight is 985 g/mol. The number of hydrogen-bond acceptors (Lipinski definition) is 0. The molecule has 0 atom stereocenters. The van der Waals surface area contributed by atoms with Crippen LogP contribution in [-0.4, -0.2) is 15.8 Å². The van der Waals surface area contributed by atoms with Gasteiger partial charge in [0.05, 0.1) is 22.1 Å². The van der Waals surface area contributed by atoms with E-state index >= 15 is 0 Å². The highest BCUT2D eigenvalue weighted by Gasteiger charge is 2.55. The first-order chi connectivity index (χ1) is 36.1. The zero-order valence-electron chi connectivity index (χ0n) is 46.7. The van der Waals surface area contributed by atoms with Gasteiger partial charge in [-0.15, -0.1) is 0 Å². The highest BCUT2D eigenvalue weighted by Crippen LogP contribution is 2.63. The Hall–Kier alpha value is -7.10. The first kappa shape index (κ1) is 46.2. The molecule has 1 spiro atoms. The van der Waals surface area contributed by atoms with Gasteiger partial charge in [0.2, 0.25) is 0 Å². The molecule has 1 aliphatic carbocycles. The lowest BCUT2D eigenvalue weighted by Crippen LogP contribution is -2.61. The van der Waals surface area contributed by atoms with Crippen molar-refractivity contribution in [3.8, 4) is 33.6 Å². The highest BCUT2D eigenvalue weighted by molar-refractivity contribution is 7.00. The van der Waals surface area contributed by atoms with E-state index in [1.165, 1.54) is 149 Å². The second-order valence-electron chi connectivity index (χ2n) is 28.6. The van der Waals surface area contributed by atoms with Crippen molar-refractivity contribution in [2.45, 2.75) is 114 Å². The lowest BCUT2D eigenvalue weighted by molar-refractivity contribution is 0.411. The average Bonchev–Trinajstić information content (AvgIpc) is 4.17. The molecule has 15 rings (SSSR count). The third kappa shape index (κ3) is 6.41.